The molecule has 0 spiro atoms. The van der Waals surface area contributed by atoms with Crippen molar-refractivity contribution in [2.24, 2.45) is 7.05 Å². The van der Waals surface area contributed by atoms with E-state index >= 15 is 0 Å². The summed E-state index contributed by atoms with van der Waals surface area (Å²) in [6.45, 7) is 4.90. The second-order valence-electron chi connectivity index (χ2n) is 4.76. The topological polar surface area (TPSA) is 60.0 Å². The molecule has 1 aromatic heterocycles. The van der Waals surface area contributed by atoms with Crippen LogP contribution in [0.1, 0.15) is 24.7 Å². The Kier molecular flexibility index (Phi) is 4.52. The largest absolute Gasteiger partial charge is 0.399 e. The highest BCUT2D eigenvalue weighted by Gasteiger charge is 2.09. The SMILES string of the molecule is CCCN(Cc1cccc(N)c1)Cc1ncnn1C. The minimum absolute atomic E-state index is 0.805. The van der Waals surface area contributed by atoms with Crippen molar-refractivity contribution in [3.63, 3.8) is 0 Å². The van der Waals surface area contributed by atoms with E-state index < -0.39 is 0 Å². The Bertz CT molecular complexity index is 520. The van der Waals surface area contributed by atoms with Gasteiger partial charge in [0.1, 0.15) is 12.2 Å². The second kappa shape index (κ2) is 6.33. The third-order valence-corrected chi connectivity index (χ3v) is 3.07. The molecule has 0 atom stereocenters. The third-order valence-electron chi connectivity index (χ3n) is 3.07. The Morgan fingerprint density at radius 1 is 1.32 bits per heavy atom. The van der Waals surface area contributed by atoms with E-state index in [4.69, 9.17) is 5.73 Å². The predicted octanol–water partition coefficient (Wildman–Crippen LogP) is 1.81. The molecule has 1 aromatic carbocycles. The van der Waals surface area contributed by atoms with Crippen molar-refractivity contribution < 1.29 is 0 Å². The summed E-state index contributed by atoms with van der Waals surface area (Å²) in [5, 5.41) is 4.11. The van der Waals surface area contributed by atoms with E-state index in [9.17, 15) is 0 Å². The normalized spacial score (nSPS) is 11.1. The lowest BCUT2D eigenvalue weighted by Crippen LogP contribution is -2.25. The highest BCUT2D eigenvalue weighted by atomic mass is 15.3. The van der Waals surface area contributed by atoms with Crippen LogP contribution in [0.4, 0.5) is 5.69 Å². The molecule has 5 nitrogen and oxygen atoms in total. The van der Waals surface area contributed by atoms with Gasteiger partial charge in [-0.3, -0.25) is 9.58 Å². The van der Waals surface area contributed by atoms with Gasteiger partial charge >= 0.3 is 0 Å². The van der Waals surface area contributed by atoms with Gasteiger partial charge in [0.05, 0.1) is 6.54 Å². The first-order chi connectivity index (χ1) is 9.19. The number of anilines is 1. The highest BCUT2D eigenvalue weighted by Crippen LogP contribution is 2.11. The van der Waals surface area contributed by atoms with Gasteiger partial charge in [-0.05, 0) is 30.7 Å². The average Bonchev–Trinajstić information content (AvgIpc) is 2.75. The minimum atomic E-state index is 0.805. The quantitative estimate of drug-likeness (QED) is 0.804. The molecule has 0 radical (unpaired) electrons. The molecule has 0 aliphatic rings. The van der Waals surface area contributed by atoms with Gasteiger partial charge in [0.25, 0.3) is 0 Å². The number of aryl methyl sites for hydroxylation is 1. The molecular formula is C14H21N5. The van der Waals surface area contributed by atoms with Crippen LogP contribution in [-0.2, 0) is 20.1 Å². The Labute approximate surface area is 114 Å². The van der Waals surface area contributed by atoms with Gasteiger partial charge in [0.2, 0.25) is 0 Å². The van der Waals surface area contributed by atoms with Gasteiger partial charge in [0, 0.05) is 19.3 Å². The lowest BCUT2D eigenvalue weighted by Gasteiger charge is -2.21. The van der Waals surface area contributed by atoms with Crippen LogP contribution in [-0.4, -0.2) is 26.2 Å². The van der Waals surface area contributed by atoms with E-state index in [1.54, 1.807) is 6.33 Å². The summed E-state index contributed by atoms with van der Waals surface area (Å²) in [7, 11) is 1.92. The molecule has 2 N–H and O–H groups in total. The number of nitrogens with zero attached hydrogens (tertiary/aromatic N) is 4. The fraction of sp³-hybridized carbons (Fsp3) is 0.429. The summed E-state index contributed by atoms with van der Waals surface area (Å²) in [5.41, 5.74) is 7.87. The minimum Gasteiger partial charge on any atom is -0.399 e. The Morgan fingerprint density at radius 2 is 2.16 bits per heavy atom. The van der Waals surface area contributed by atoms with Crippen molar-refractivity contribution in [2.75, 3.05) is 12.3 Å². The highest BCUT2D eigenvalue weighted by molar-refractivity contribution is 5.40. The molecule has 0 amide bonds. The van der Waals surface area contributed by atoms with Gasteiger partial charge in [-0.15, -0.1) is 0 Å². The molecule has 19 heavy (non-hydrogen) atoms. The van der Waals surface area contributed by atoms with Crippen LogP contribution in [0.15, 0.2) is 30.6 Å². The van der Waals surface area contributed by atoms with Crippen molar-refractivity contribution in [3.8, 4) is 0 Å². The molecule has 0 aliphatic heterocycles. The summed E-state index contributed by atoms with van der Waals surface area (Å²) in [4.78, 5) is 6.64. The maximum atomic E-state index is 5.82. The number of nitrogens with two attached hydrogens (primary N) is 1. The van der Waals surface area contributed by atoms with Crippen molar-refractivity contribution in [3.05, 3.63) is 42.0 Å². The van der Waals surface area contributed by atoms with Crippen LogP contribution in [0.25, 0.3) is 0 Å². The Morgan fingerprint density at radius 3 is 2.79 bits per heavy atom. The molecule has 0 saturated heterocycles. The smallest absolute Gasteiger partial charge is 0.140 e. The number of benzene rings is 1. The monoisotopic (exact) mass is 259 g/mol. The van der Waals surface area contributed by atoms with Crippen LogP contribution in [0.5, 0.6) is 0 Å². The van der Waals surface area contributed by atoms with Crippen LogP contribution >= 0.6 is 0 Å². The number of aromatic nitrogens is 3. The first kappa shape index (κ1) is 13.5. The molecule has 0 fully saturated rings. The molecule has 0 aliphatic carbocycles. The molecule has 102 valence electrons. The zero-order valence-electron chi connectivity index (χ0n) is 11.6. The van der Waals surface area contributed by atoms with Gasteiger partial charge in [-0.25, -0.2) is 4.98 Å². The van der Waals surface area contributed by atoms with Gasteiger partial charge < -0.3 is 5.73 Å². The molecule has 2 aromatic rings. The molecule has 0 saturated carbocycles. The number of hydrogen-bond acceptors (Lipinski definition) is 4. The van der Waals surface area contributed by atoms with Gasteiger partial charge in [0.15, 0.2) is 0 Å². The third kappa shape index (κ3) is 3.79. The number of rotatable bonds is 6. The van der Waals surface area contributed by atoms with E-state index in [0.717, 1.165) is 37.6 Å². The van der Waals surface area contributed by atoms with Gasteiger partial charge in [-0.2, -0.15) is 5.10 Å². The fourth-order valence-corrected chi connectivity index (χ4v) is 2.14. The number of nitrogen functional groups attached to an aromatic ring is 1. The zero-order valence-corrected chi connectivity index (χ0v) is 11.6. The maximum absolute atomic E-state index is 5.82. The molecule has 0 bridgehead atoms. The maximum Gasteiger partial charge on any atom is 0.140 e. The van der Waals surface area contributed by atoms with Crippen molar-refractivity contribution in [1.29, 1.82) is 0 Å². The van der Waals surface area contributed by atoms with E-state index in [2.05, 4.69) is 28.0 Å². The van der Waals surface area contributed by atoms with Crippen molar-refractivity contribution in [1.82, 2.24) is 19.7 Å². The standard InChI is InChI=1S/C14H21N5/c1-3-7-19(10-14-16-11-17-18(14)2)9-12-5-4-6-13(15)8-12/h4-6,8,11H,3,7,9-10,15H2,1-2H3. The van der Waals surface area contributed by atoms with Crippen LogP contribution < -0.4 is 5.73 Å². The van der Waals surface area contributed by atoms with E-state index in [1.165, 1.54) is 5.56 Å². The Hall–Kier alpha value is -1.88. The lowest BCUT2D eigenvalue weighted by molar-refractivity contribution is 0.247. The van der Waals surface area contributed by atoms with Gasteiger partial charge in [-0.1, -0.05) is 19.1 Å². The first-order valence-electron chi connectivity index (χ1n) is 6.58. The van der Waals surface area contributed by atoms with Crippen molar-refractivity contribution >= 4 is 5.69 Å². The second-order valence-corrected chi connectivity index (χ2v) is 4.76. The molecule has 2 rings (SSSR count). The summed E-state index contributed by atoms with van der Waals surface area (Å²) in [6.07, 6.45) is 2.71. The molecule has 1 heterocycles. The molecule has 5 heteroatoms. The van der Waals surface area contributed by atoms with Crippen LogP contribution in [0.3, 0.4) is 0 Å². The average molecular weight is 259 g/mol. The van der Waals surface area contributed by atoms with E-state index in [0.29, 0.717) is 0 Å². The van der Waals surface area contributed by atoms with Crippen molar-refractivity contribution in [2.45, 2.75) is 26.4 Å². The summed E-state index contributed by atoms with van der Waals surface area (Å²) in [6, 6.07) is 8.04. The van der Waals surface area contributed by atoms with Crippen LogP contribution in [0, 0.1) is 0 Å². The van der Waals surface area contributed by atoms with E-state index in [1.807, 2.05) is 29.9 Å². The number of hydrogen-bond donors (Lipinski definition) is 1. The summed E-state index contributed by atoms with van der Waals surface area (Å²) < 4.78 is 1.82. The molecular weight excluding hydrogens is 238 g/mol. The lowest BCUT2D eigenvalue weighted by atomic mass is 10.2. The zero-order chi connectivity index (χ0) is 13.7. The molecule has 0 unspecified atom stereocenters. The first-order valence-corrected chi connectivity index (χ1v) is 6.58. The predicted molar refractivity (Wildman–Crippen MR) is 76.3 cm³/mol. The fourth-order valence-electron chi connectivity index (χ4n) is 2.14. The summed E-state index contributed by atoms with van der Waals surface area (Å²) >= 11 is 0. The Balaban J connectivity index is 2.06. The van der Waals surface area contributed by atoms with E-state index in [-0.39, 0.29) is 0 Å². The summed E-state index contributed by atoms with van der Waals surface area (Å²) in [5.74, 6) is 0.984. The van der Waals surface area contributed by atoms with Crippen LogP contribution in [0.2, 0.25) is 0 Å².